The summed E-state index contributed by atoms with van der Waals surface area (Å²) in [6.45, 7) is 10.3. The summed E-state index contributed by atoms with van der Waals surface area (Å²) in [4.78, 5) is 38.3. The lowest BCUT2D eigenvalue weighted by molar-refractivity contribution is -0.135. The van der Waals surface area contributed by atoms with Crippen molar-refractivity contribution in [2.45, 2.75) is 92.4 Å². The van der Waals surface area contributed by atoms with E-state index in [1.54, 1.807) is 18.2 Å². The maximum atomic E-state index is 13.7. The van der Waals surface area contributed by atoms with Crippen LogP contribution in [-0.4, -0.2) is 17.7 Å². The van der Waals surface area contributed by atoms with E-state index in [1.165, 1.54) is 0 Å². The summed E-state index contributed by atoms with van der Waals surface area (Å²) in [6.07, 6.45) is 7.12. The molecule has 0 radical (unpaired) electrons. The largest absolute Gasteiger partial charge is 0.324 e. The minimum Gasteiger partial charge on any atom is -0.324 e. The molecule has 6 nitrogen and oxygen atoms in total. The zero-order chi connectivity index (χ0) is 23.1. The first-order chi connectivity index (χ1) is 14.6. The van der Waals surface area contributed by atoms with Crippen molar-refractivity contribution in [3.05, 3.63) is 18.2 Å². The third-order valence-electron chi connectivity index (χ3n) is 6.38. The molecule has 2 rings (SSSR count). The van der Waals surface area contributed by atoms with Gasteiger partial charge in [-0.25, -0.2) is 0 Å². The third-order valence-corrected chi connectivity index (χ3v) is 6.38. The first-order valence-electron chi connectivity index (χ1n) is 11.7. The van der Waals surface area contributed by atoms with Crippen LogP contribution in [0.4, 0.5) is 17.1 Å². The maximum absolute atomic E-state index is 13.7. The van der Waals surface area contributed by atoms with E-state index < -0.39 is 5.41 Å². The minimum atomic E-state index is -0.490. The van der Waals surface area contributed by atoms with Gasteiger partial charge in [0, 0.05) is 12.8 Å². The fraction of sp³-hybridized carbons (Fsp3) is 0.640. The van der Waals surface area contributed by atoms with Crippen LogP contribution in [0.15, 0.2) is 18.2 Å². The second kappa shape index (κ2) is 10.8. The molecule has 0 aromatic heterocycles. The number of hydrogen-bond acceptors (Lipinski definition) is 3. The molecular formula is C25H39N3O3. The molecule has 0 bridgehead atoms. The Morgan fingerprint density at radius 3 is 1.74 bits per heavy atom. The molecule has 1 aliphatic rings. The summed E-state index contributed by atoms with van der Waals surface area (Å²) in [5, 5.41) is 8.95. The Kier molecular flexibility index (Phi) is 8.66. The second-order valence-electron chi connectivity index (χ2n) is 9.67. The Labute approximate surface area is 186 Å². The van der Waals surface area contributed by atoms with E-state index in [9.17, 15) is 14.4 Å². The van der Waals surface area contributed by atoms with E-state index in [0.29, 0.717) is 29.9 Å². The van der Waals surface area contributed by atoms with E-state index in [0.717, 1.165) is 44.9 Å². The van der Waals surface area contributed by atoms with Crippen LogP contribution in [0.5, 0.6) is 0 Å². The molecule has 0 atom stereocenters. The Hall–Kier alpha value is -2.37. The first-order valence-corrected chi connectivity index (χ1v) is 11.7. The predicted molar refractivity (Wildman–Crippen MR) is 127 cm³/mol. The van der Waals surface area contributed by atoms with Crippen LogP contribution in [0.3, 0.4) is 0 Å². The van der Waals surface area contributed by atoms with Crippen molar-refractivity contribution >= 4 is 34.8 Å². The zero-order valence-electron chi connectivity index (χ0n) is 19.8. The smallest absolute Gasteiger partial charge is 0.231 e. The Bertz CT molecular complexity index is 751. The maximum Gasteiger partial charge on any atom is 0.231 e. The van der Waals surface area contributed by atoms with Crippen molar-refractivity contribution in [3.63, 3.8) is 0 Å². The van der Waals surface area contributed by atoms with E-state index in [1.807, 2.05) is 13.8 Å². The highest BCUT2D eigenvalue weighted by molar-refractivity contribution is 6.07. The molecule has 6 heteroatoms. The van der Waals surface area contributed by atoms with Crippen LogP contribution < -0.4 is 16.0 Å². The molecule has 0 heterocycles. The highest BCUT2D eigenvalue weighted by Gasteiger charge is 2.48. The highest BCUT2D eigenvalue weighted by atomic mass is 16.2. The zero-order valence-corrected chi connectivity index (χ0v) is 19.8. The lowest BCUT2D eigenvalue weighted by atomic mass is 9.59. The summed E-state index contributed by atoms with van der Waals surface area (Å²) in [5.74, 6) is -0.264. The van der Waals surface area contributed by atoms with Gasteiger partial charge in [-0.15, -0.1) is 0 Å². The van der Waals surface area contributed by atoms with E-state index >= 15 is 0 Å². The molecule has 3 N–H and O–H groups in total. The fourth-order valence-electron chi connectivity index (χ4n) is 4.48. The molecule has 1 saturated carbocycles. The number of carbonyl (C=O) groups excluding carboxylic acids is 3. The average molecular weight is 430 g/mol. The Morgan fingerprint density at radius 2 is 1.32 bits per heavy atom. The molecule has 1 aromatic rings. The van der Waals surface area contributed by atoms with Gasteiger partial charge >= 0.3 is 0 Å². The van der Waals surface area contributed by atoms with Crippen molar-refractivity contribution in [3.8, 4) is 0 Å². The third kappa shape index (κ3) is 6.08. The van der Waals surface area contributed by atoms with Gasteiger partial charge in [0.25, 0.3) is 0 Å². The number of para-hydroxylation sites is 1. The van der Waals surface area contributed by atoms with Crippen molar-refractivity contribution in [2.75, 3.05) is 16.0 Å². The summed E-state index contributed by atoms with van der Waals surface area (Å²) >= 11 is 0. The van der Waals surface area contributed by atoms with Gasteiger partial charge < -0.3 is 16.0 Å². The number of carbonyl (C=O) groups is 3. The molecule has 0 saturated heterocycles. The number of rotatable bonds is 8. The molecule has 0 unspecified atom stereocenters. The number of benzene rings is 1. The van der Waals surface area contributed by atoms with Gasteiger partial charge in [0.2, 0.25) is 17.7 Å². The topological polar surface area (TPSA) is 87.3 Å². The molecule has 1 aliphatic carbocycles. The average Bonchev–Trinajstić information content (AvgIpc) is 2.70. The molecule has 172 valence electrons. The van der Waals surface area contributed by atoms with Crippen molar-refractivity contribution in [2.24, 2.45) is 10.8 Å². The molecule has 0 aliphatic heterocycles. The summed E-state index contributed by atoms with van der Waals surface area (Å²) in [7, 11) is 0. The molecule has 31 heavy (non-hydrogen) atoms. The van der Waals surface area contributed by atoms with Crippen LogP contribution in [0, 0.1) is 10.8 Å². The monoisotopic (exact) mass is 429 g/mol. The SMILES string of the molecule is CCCC(=O)Nc1cccc(NC(=O)CCC)c1NC(=O)C1(C(C)(C)C)CCCCC1. The normalized spacial score (nSPS) is 15.8. The van der Waals surface area contributed by atoms with E-state index in [2.05, 4.69) is 36.7 Å². The van der Waals surface area contributed by atoms with Crippen LogP contribution in [0.1, 0.15) is 92.4 Å². The summed E-state index contributed by atoms with van der Waals surface area (Å²) in [6, 6.07) is 5.31. The lowest BCUT2D eigenvalue weighted by Crippen LogP contribution is -2.47. The Balaban J connectivity index is 2.43. The van der Waals surface area contributed by atoms with Gasteiger partial charge in [0.15, 0.2) is 0 Å². The number of anilines is 3. The number of amides is 3. The van der Waals surface area contributed by atoms with Crippen LogP contribution >= 0.6 is 0 Å². The van der Waals surface area contributed by atoms with Crippen molar-refractivity contribution in [1.82, 2.24) is 0 Å². The Morgan fingerprint density at radius 1 is 0.839 bits per heavy atom. The van der Waals surface area contributed by atoms with Gasteiger partial charge in [-0.3, -0.25) is 14.4 Å². The van der Waals surface area contributed by atoms with Gasteiger partial charge in [-0.05, 0) is 43.2 Å². The highest BCUT2D eigenvalue weighted by Crippen LogP contribution is 2.50. The van der Waals surface area contributed by atoms with Gasteiger partial charge in [-0.1, -0.05) is 59.9 Å². The van der Waals surface area contributed by atoms with Crippen LogP contribution in [0.25, 0.3) is 0 Å². The first kappa shape index (κ1) is 24.9. The van der Waals surface area contributed by atoms with Gasteiger partial charge in [-0.2, -0.15) is 0 Å². The number of nitrogens with one attached hydrogen (secondary N) is 3. The van der Waals surface area contributed by atoms with Crippen molar-refractivity contribution < 1.29 is 14.4 Å². The molecule has 0 spiro atoms. The summed E-state index contributed by atoms with van der Waals surface area (Å²) in [5.41, 5.74) is 0.803. The van der Waals surface area contributed by atoms with E-state index in [-0.39, 0.29) is 23.1 Å². The standard InChI is InChI=1S/C25H39N3O3/c1-6-12-20(29)26-18-14-11-15-19(27-21(30)13-7-2)22(18)28-23(31)25(24(3,4)5)16-9-8-10-17-25/h11,14-15H,6-10,12-13,16-17H2,1-5H3,(H,26,29)(H,27,30)(H,28,31). The molecule has 1 fully saturated rings. The molecule has 1 aromatic carbocycles. The second-order valence-corrected chi connectivity index (χ2v) is 9.67. The molecule has 3 amide bonds. The van der Waals surface area contributed by atoms with E-state index in [4.69, 9.17) is 0 Å². The van der Waals surface area contributed by atoms with Gasteiger partial charge in [0.05, 0.1) is 22.5 Å². The van der Waals surface area contributed by atoms with Crippen molar-refractivity contribution in [1.29, 1.82) is 0 Å². The lowest BCUT2D eigenvalue weighted by Gasteiger charge is -2.46. The fourth-order valence-corrected chi connectivity index (χ4v) is 4.48. The van der Waals surface area contributed by atoms with Gasteiger partial charge in [0.1, 0.15) is 0 Å². The quantitative estimate of drug-likeness (QED) is 0.467. The predicted octanol–water partition coefficient (Wildman–Crippen LogP) is 6.10. The van der Waals surface area contributed by atoms with Crippen LogP contribution in [-0.2, 0) is 14.4 Å². The summed E-state index contributed by atoms with van der Waals surface area (Å²) < 4.78 is 0. The van der Waals surface area contributed by atoms with Crippen LogP contribution in [0.2, 0.25) is 0 Å². The number of hydrogen-bond donors (Lipinski definition) is 3. The minimum absolute atomic E-state index is 0.0390. The molecular weight excluding hydrogens is 390 g/mol.